The minimum Gasteiger partial charge on any atom is -0.505 e. The Kier molecular flexibility index (Phi) is 8.52. The molecule has 4 aromatic carbocycles. The Morgan fingerprint density at radius 2 is 1.48 bits per heavy atom. The molecule has 3 fully saturated rings. The summed E-state index contributed by atoms with van der Waals surface area (Å²) < 4.78 is 15.4. The summed E-state index contributed by atoms with van der Waals surface area (Å²) in [5.74, 6) is -10.2. The first-order valence-electron chi connectivity index (χ1n) is 17.6. The van der Waals surface area contributed by atoms with Crippen LogP contribution >= 0.6 is 11.6 Å². The van der Waals surface area contributed by atoms with Crippen LogP contribution in [0.5, 0.6) is 5.75 Å². The Bertz CT molecular complexity index is 2420. The van der Waals surface area contributed by atoms with Crippen LogP contribution in [0.1, 0.15) is 29.9 Å². The van der Waals surface area contributed by atoms with Crippen LogP contribution in [-0.2, 0) is 24.6 Å². The fourth-order valence-electron chi connectivity index (χ4n) is 9.56. The number of fused-ring (bicyclic) bond motifs is 4. The molecule has 2 heterocycles. The lowest BCUT2D eigenvalue weighted by Crippen LogP contribution is -2.53. The number of para-hydroxylation sites is 1. The van der Waals surface area contributed by atoms with Gasteiger partial charge in [-0.15, -0.1) is 0 Å². The molecule has 8 rings (SSSR count). The molecule has 1 N–H and O–H groups in total. The number of benzene rings is 4. The van der Waals surface area contributed by atoms with Crippen molar-refractivity contribution in [3.63, 3.8) is 0 Å². The van der Waals surface area contributed by atoms with Gasteiger partial charge in [-0.1, -0.05) is 71.8 Å². The summed E-state index contributed by atoms with van der Waals surface area (Å²) >= 11 is 6.33. The van der Waals surface area contributed by atoms with E-state index in [1.807, 2.05) is 0 Å². The van der Waals surface area contributed by atoms with Crippen molar-refractivity contribution in [3.05, 3.63) is 139 Å². The first kappa shape index (κ1) is 36.5. The highest BCUT2D eigenvalue weighted by Gasteiger charge is 2.70. The molecule has 14 nitrogen and oxygen atoms in total. The van der Waals surface area contributed by atoms with E-state index in [0.717, 1.165) is 28.0 Å². The van der Waals surface area contributed by atoms with E-state index >= 15 is 9.18 Å². The molecular weight excluding hydrogens is 749 g/mol. The van der Waals surface area contributed by atoms with Gasteiger partial charge < -0.3 is 10.0 Å². The van der Waals surface area contributed by atoms with Gasteiger partial charge in [-0.25, -0.2) is 14.2 Å². The average Bonchev–Trinajstić information content (AvgIpc) is 3.56. The highest BCUT2D eigenvalue weighted by molar-refractivity contribution is 6.32. The molecule has 2 aliphatic heterocycles. The van der Waals surface area contributed by atoms with Crippen LogP contribution in [0.25, 0.3) is 0 Å². The van der Waals surface area contributed by atoms with E-state index in [1.165, 1.54) is 37.2 Å². The zero-order chi connectivity index (χ0) is 40.0. The zero-order valence-corrected chi connectivity index (χ0v) is 30.4. The summed E-state index contributed by atoms with van der Waals surface area (Å²) in [6.07, 6.45) is 1.49. The quantitative estimate of drug-likeness (QED) is 0.0949. The van der Waals surface area contributed by atoms with Gasteiger partial charge in [0.05, 0.1) is 44.4 Å². The summed E-state index contributed by atoms with van der Waals surface area (Å²) in [5.41, 5.74) is -2.89. The third-order valence-electron chi connectivity index (χ3n) is 11.6. The molecule has 4 aliphatic rings. The number of aromatic hydroxyl groups is 1. The summed E-state index contributed by atoms with van der Waals surface area (Å²) in [4.78, 5) is 84.8. The van der Waals surface area contributed by atoms with Gasteiger partial charge in [-0.05, 0) is 48.6 Å². The highest BCUT2D eigenvalue weighted by atomic mass is 35.5. The fraction of sp³-hybridized carbons (Fsp3) is 0.250. The maximum atomic E-state index is 15.4. The number of rotatable bonds is 7. The topological polar surface area (TPSA) is 185 Å². The van der Waals surface area contributed by atoms with Crippen LogP contribution in [-0.4, -0.2) is 52.7 Å². The number of amides is 4. The minimum atomic E-state index is -1.78. The van der Waals surface area contributed by atoms with Crippen molar-refractivity contribution in [3.8, 4) is 5.75 Å². The Morgan fingerprint density at radius 3 is 2.11 bits per heavy atom. The zero-order valence-electron chi connectivity index (χ0n) is 29.7. The van der Waals surface area contributed by atoms with Gasteiger partial charge in [0, 0.05) is 42.7 Å². The third kappa shape index (κ3) is 5.06. The van der Waals surface area contributed by atoms with Crippen molar-refractivity contribution in [2.45, 2.75) is 24.2 Å². The largest absolute Gasteiger partial charge is 0.505 e. The van der Waals surface area contributed by atoms with E-state index in [1.54, 1.807) is 54.6 Å². The molecule has 6 atom stereocenters. The number of phenolic OH excluding ortho intramolecular Hbond substituents is 1. The summed E-state index contributed by atoms with van der Waals surface area (Å²) in [6, 6.07) is 20.4. The number of allylic oxidation sites excluding steroid dienone is 2. The maximum Gasteiger partial charge on any atom is 0.301 e. The fourth-order valence-corrected chi connectivity index (χ4v) is 9.75. The standard InChI is InChI=1S/C40H31ClFN5O9/c1-43(2)34-30(46(53)54)17-23(18-31(34)47(55)56)44-36(49)25-15-14-24-27(32(25)38(44)51)19-28-37(50)45(22-11-6-10-21(41)16-22)39(52)40(28,20-8-4-3-5-9-20)33(24)26-12-7-13-29(42)35(26)48/h3-14,16-18,25,27-28,32-33,48H,15,19H2,1-2H3/t25-,27+,28-,32-,33+,40+/m0/s1. The molecule has 4 aromatic rings. The average molecular weight is 780 g/mol. The van der Waals surface area contributed by atoms with Crippen LogP contribution in [0, 0.1) is 49.7 Å². The van der Waals surface area contributed by atoms with E-state index in [2.05, 4.69) is 0 Å². The second-order valence-electron chi connectivity index (χ2n) is 14.5. The monoisotopic (exact) mass is 779 g/mol. The molecule has 0 spiro atoms. The lowest BCUT2D eigenvalue weighted by Gasteiger charge is -2.50. The number of nitro groups is 2. The number of imide groups is 2. The van der Waals surface area contributed by atoms with Gasteiger partial charge in [0.25, 0.3) is 0 Å². The Labute approximate surface area is 322 Å². The second-order valence-corrected chi connectivity index (χ2v) is 15.0. The molecule has 16 heteroatoms. The number of halogens is 2. The van der Waals surface area contributed by atoms with Gasteiger partial charge >= 0.3 is 11.4 Å². The number of nitrogens with zero attached hydrogens (tertiary/aromatic N) is 5. The lowest BCUT2D eigenvalue weighted by atomic mass is 9.49. The number of carbonyl (C=O) groups is 4. The van der Waals surface area contributed by atoms with E-state index in [-0.39, 0.29) is 40.5 Å². The van der Waals surface area contributed by atoms with Crippen molar-refractivity contribution in [1.29, 1.82) is 0 Å². The van der Waals surface area contributed by atoms with E-state index in [9.17, 15) is 39.7 Å². The Balaban J connectivity index is 1.33. The van der Waals surface area contributed by atoms with E-state index in [4.69, 9.17) is 11.6 Å². The van der Waals surface area contributed by atoms with Gasteiger partial charge in [0.1, 0.15) is 0 Å². The molecule has 2 saturated heterocycles. The van der Waals surface area contributed by atoms with Crippen LogP contribution < -0.4 is 14.7 Å². The minimum absolute atomic E-state index is 0.0125. The molecule has 0 radical (unpaired) electrons. The smallest absolute Gasteiger partial charge is 0.301 e. The van der Waals surface area contributed by atoms with Gasteiger partial charge in [-0.2, -0.15) is 0 Å². The molecule has 56 heavy (non-hydrogen) atoms. The Hall–Kier alpha value is -6.48. The predicted octanol–water partition coefficient (Wildman–Crippen LogP) is 6.43. The van der Waals surface area contributed by atoms with Crippen molar-refractivity contribution in [2.75, 3.05) is 28.8 Å². The molecule has 0 aromatic heterocycles. The number of phenols is 1. The number of anilines is 3. The Morgan fingerprint density at radius 1 is 0.821 bits per heavy atom. The number of nitro benzene ring substituents is 2. The molecule has 1 saturated carbocycles. The normalized spacial score (nSPS) is 25.4. The van der Waals surface area contributed by atoms with E-state index in [0.29, 0.717) is 11.1 Å². The summed E-state index contributed by atoms with van der Waals surface area (Å²) in [5, 5.41) is 36.0. The number of carbonyl (C=O) groups excluding carboxylic acids is 4. The van der Waals surface area contributed by atoms with Crippen molar-refractivity contribution >= 4 is 63.7 Å². The van der Waals surface area contributed by atoms with Crippen molar-refractivity contribution in [2.24, 2.45) is 23.7 Å². The third-order valence-corrected chi connectivity index (χ3v) is 11.9. The molecule has 0 unspecified atom stereocenters. The van der Waals surface area contributed by atoms with Gasteiger partial charge in [-0.3, -0.25) is 39.4 Å². The highest BCUT2D eigenvalue weighted by Crippen LogP contribution is 2.65. The van der Waals surface area contributed by atoms with Crippen molar-refractivity contribution in [1.82, 2.24) is 0 Å². The summed E-state index contributed by atoms with van der Waals surface area (Å²) in [6.45, 7) is 0. The van der Waals surface area contributed by atoms with Crippen LogP contribution in [0.3, 0.4) is 0 Å². The number of hydrogen-bond acceptors (Lipinski definition) is 10. The second kappa shape index (κ2) is 13.1. The first-order chi connectivity index (χ1) is 26.7. The number of hydrogen-bond donors (Lipinski definition) is 1. The van der Waals surface area contributed by atoms with Crippen molar-refractivity contribution < 1.29 is 38.5 Å². The van der Waals surface area contributed by atoms with E-state index < -0.39 is 91.4 Å². The van der Waals surface area contributed by atoms with Crippen LogP contribution in [0.15, 0.2) is 96.6 Å². The lowest BCUT2D eigenvalue weighted by molar-refractivity contribution is -0.392. The molecule has 4 amide bonds. The summed E-state index contributed by atoms with van der Waals surface area (Å²) in [7, 11) is 2.77. The first-order valence-corrected chi connectivity index (χ1v) is 18.0. The maximum absolute atomic E-state index is 15.4. The molecule has 284 valence electrons. The van der Waals surface area contributed by atoms with Gasteiger partial charge in [0.2, 0.25) is 23.6 Å². The SMILES string of the molecule is CN(C)c1c([N+](=O)[O-])cc(N2C(=O)[C@H]3[C@H](CC=C4[C@H]3C[C@H]3C(=O)N(c5cccc(Cl)c5)C(=O)[C@@]3(c3ccccc3)[C@H]4c3cccc(F)c3O)C2=O)cc1[N+](=O)[O-]. The van der Waals surface area contributed by atoms with Crippen LogP contribution in [0.2, 0.25) is 5.02 Å². The van der Waals surface area contributed by atoms with Gasteiger partial charge in [0.15, 0.2) is 17.3 Å². The molecule has 0 bridgehead atoms. The molecule has 2 aliphatic carbocycles. The predicted molar refractivity (Wildman–Crippen MR) is 201 cm³/mol. The van der Waals surface area contributed by atoms with Crippen LogP contribution in [0.4, 0.5) is 32.8 Å². The molecular formula is C40H31ClFN5O9.